The molecule has 0 spiro atoms. The monoisotopic (exact) mass is 365 g/mol. The Morgan fingerprint density at radius 1 is 1.40 bits per heavy atom. The molecule has 2 heterocycles. The number of hydrogen-bond donors (Lipinski definition) is 1. The highest BCUT2D eigenvalue weighted by molar-refractivity contribution is 6.74. The summed E-state index contributed by atoms with van der Waals surface area (Å²) >= 11 is 0. The number of nitrogens with zero attached hydrogens (tertiary/aromatic N) is 2. The molecule has 1 N–H and O–H groups in total. The molecule has 0 bridgehead atoms. The number of carbonyl (C=O) groups excluding carboxylic acids is 1. The molecule has 0 aliphatic carbocycles. The third-order valence-corrected chi connectivity index (χ3v) is 9.13. The van der Waals surface area contributed by atoms with Crippen LogP contribution in [0.1, 0.15) is 33.9 Å². The SMILES string of the molecule is CC(=O)Nc1ccn([C@H]2C=C[C@@H](CO[Si](C)(C)C(C)(C)C)O2)c(=O)n1. The van der Waals surface area contributed by atoms with Gasteiger partial charge in [-0.3, -0.25) is 9.36 Å². The molecule has 1 aromatic rings. The summed E-state index contributed by atoms with van der Waals surface area (Å²) in [6.07, 6.45) is 4.58. The molecule has 1 aromatic heterocycles. The number of amides is 1. The van der Waals surface area contributed by atoms with Gasteiger partial charge >= 0.3 is 5.69 Å². The zero-order chi connectivity index (χ0) is 18.8. The van der Waals surface area contributed by atoms with Crippen molar-refractivity contribution in [3.63, 3.8) is 0 Å². The molecule has 8 heteroatoms. The number of anilines is 1. The number of hydrogen-bond acceptors (Lipinski definition) is 5. The third kappa shape index (κ3) is 4.87. The Morgan fingerprint density at radius 2 is 2.08 bits per heavy atom. The standard InChI is InChI=1S/C17H27N3O4Si/c1-12(21)18-14-9-10-20(16(22)19-14)15-8-7-13(24-15)11-23-25(5,6)17(2,3)4/h7-10,13,15H,11H2,1-6H3,(H,18,19,21,22)/t13-,15+/m0/s1. The summed E-state index contributed by atoms with van der Waals surface area (Å²) in [6, 6.07) is 1.57. The Balaban J connectivity index is 1.99. The number of ether oxygens (including phenoxy) is 1. The molecule has 0 saturated carbocycles. The Morgan fingerprint density at radius 3 is 2.64 bits per heavy atom. The van der Waals surface area contributed by atoms with Gasteiger partial charge in [-0.15, -0.1) is 0 Å². The van der Waals surface area contributed by atoms with Crippen LogP contribution in [-0.2, 0) is 14.0 Å². The average Bonchev–Trinajstić information content (AvgIpc) is 2.92. The minimum Gasteiger partial charge on any atom is -0.414 e. The first-order valence-corrected chi connectivity index (χ1v) is 11.2. The fourth-order valence-electron chi connectivity index (χ4n) is 2.11. The van der Waals surface area contributed by atoms with Crippen molar-refractivity contribution in [1.29, 1.82) is 0 Å². The lowest BCUT2D eigenvalue weighted by atomic mass is 10.2. The molecule has 1 amide bonds. The fraction of sp³-hybridized carbons (Fsp3) is 0.588. The lowest BCUT2D eigenvalue weighted by molar-refractivity contribution is -0.114. The molecule has 0 fully saturated rings. The van der Waals surface area contributed by atoms with E-state index in [-0.39, 0.29) is 22.9 Å². The van der Waals surface area contributed by atoms with Crippen LogP contribution in [0.2, 0.25) is 18.1 Å². The molecular formula is C17H27N3O4Si. The Hall–Kier alpha value is -1.77. The normalized spacial score (nSPS) is 20.7. The van der Waals surface area contributed by atoms with E-state index in [0.717, 1.165) is 0 Å². The maximum Gasteiger partial charge on any atom is 0.351 e. The van der Waals surface area contributed by atoms with E-state index in [1.165, 1.54) is 11.5 Å². The van der Waals surface area contributed by atoms with Crippen LogP contribution in [0.3, 0.4) is 0 Å². The van der Waals surface area contributed by atoms with Crippen LogP contribution in [0.5, 0.6) is 0 Å². The van der Waals surface area contributed by atoms with E-state index in [4.69, 9.17) is 9.16 Å². The summed E-state index contributed by atoms with van der Waals surface area (Å²) < 4.78 is 13.4. The van der Waals surface area contributed by atoms with Crippen molar-refractivity contribution in [2.45, 2.75) is 58.2 Å². The van der Waals surface area contributed by atoms with Crippen molar-refractivity contribution in [3.05, 3.63) is 34.9 Å². The molecule has 0 saturated heterocycles. The quantitative estimate of drug-likeness (QED) is 0.641. The van der Waals surface area contributed by atoms with Gasteiger partial charge in [0.25, 0.3) is 0 Å². The van der Waals surface area contributed by atoms with Gasteiger partial charge in [0.1, 0.15) is 11.9 Å². The maximum absolute atomic E-state index is 12.1. The average molecular weight is 366 g/mol. The second-order valence-corrected chi connectivity index (χ2v) is 12.5. The topological polar surface area (TPSA) is 82.5 Å². The van der Waals surface area contributed by atoms with Gasteiger partial charge in [0.05, 0.1) is 6.61 Å². The Kier molecular flexibility index (Phi) is 5.65. The van der Waals surface area contributed by atoms with Gasteiger partial charge in [0, 0.05) is 13.1 Å². The Labute approximate surface area is 149 Å². The third-order valence-electron chi connectivity index (χ3n) is 4.63. The van der Waals surface area contributed by atoms with Gasteiger partial charge in [0.2, 0.25) is 5.91 Å². The van der Waals surface area contributed by atoms with Crippen LogP contribution in [-0.4, -0.2) is 36.5 Å². The van der Waals surface area contributed by atoms with Crippen LogP contribution < -0.4 is 11.0 Å². The van der Waals surface area contributed by atoms with Crippen molar-refractivity contribution in [1.82, 2.24) is 9.55 Å². The molecule has 138 valence electrons. The van der Waals surface area contributed by atoms with E-state index >= 15 is 0 Å². The lowest BCUT2D eigenvalue weighted by Gasteiger charge is -2.36. The summed E-state index contributed by atoms with van der Waals surface area (Å²) in [5.41, 5.74) is -0.480. The summed E-state index contributed by atoms with van der Waals surface area (Å²) in [6.45, 7) is 12.8. The molecule has 7 nitrogen and oxygen atoms in total. The van der Waals surface area contributed by atoms with Crippen molar-refractivity contribution in [3.8, 4) is 0 Å². The van der Waals surface area contributed by atoms with E-state index in [1.54, 1.807) is 12.3 Å². The van der Waals surface area contributed by atoms with Gasteiger partial charge < -0.3 is 14.5 Å². The van der Waals surface area contributed by atoms with E-state index in [9.17, 15) is 9.59 Å². The molecule has 0 unspecified atom stereocenters. The van der Waals surface area contributed by atoms with E-state index in [0.29, 0.717) is 6.61 Å². The van der Waals surface area contributed by atoms with Gasteiger partial charge in [0.15, 0.2) is 14.5 Å². The first-order valence-electron chi connectivity index (χ1n) is 8.34. The number of carbonyl (C=O) groups is 1. The zero-order valence-corrected chi connectivity index (χ0v) is 16.7. The summed E-state index contributed by atoms with van der Waals surface area (Å²) in [5.74, 6) is -0.0435. The van der Waals surface area contributed by atoms with Crippen LogP contribution in [0.25, 0.3) is 0 Å². The molecule has 1 aliphatic rings. The molecular weight excluding hydrogens is 338 g/mol. The van der Waals surface area contributed by atoms with Gasteiger partial charge in [-0.1, -0.05) is 26.8 Å². The van der Waals surface area contributed by atoms with Crippen molar-refractivity contribution in [2.75, 3.05) is 11.9 Å². The zero-order valence-electron chi connectivity index (χ0n) is 15.7. The predicted octanol–water partition coefficient (Wildman–Crippen LogP) is 2.68. The van der Waals surface area contributed by atoms with E-state index < -0.39 is 20.2 Å². The second-order valence-electron chi connectivity index (χ2n) is 7.71. The first-order chi connectivity index (χ1) is 11.5. The molecule has 1 aliphatic heterocycles. The highest BCUT2D eigenvalue weighted by Gasteiger charge is 2.38. The molecule has 2 rings (SSSR count). The predicted molar refractivity (Wildman–Crippen MR) is 99.0 cm³/mol. The lowest BCUT2D eigenvalue weighted by Crippen LogP contribution is -2.42. The van der Waals surface area contributed by atoms with Crippen molar-refractivity contribution < 1.29 is 14.0 Å². The summed E-state index contributed by atoms with van der Waals surface area (Å²) in [4.78, 5) is 27.0. The van der Waals surface area contributed by atoms with Crippen LogP contribution in [0.15, 0.2) is 29.2 Å². The number of rotatable bonds is 5. The summed E-state index contributed by atoms with van der Waals surface area (Å²) in [5, 5.41) is 2.62. The van der Waals surface area contributed by atoms with E-state index in [1.807, 2.05) is 12.2 Å². The number of aromatic nitrogens is 2. The molecule has 25 heavy (non-hydrogen) atoms. The van der Waals surface area contributed by atoms with Crippen molar-refractivity contribution in [2.24, 2.45) is 0 Å². The van der Waals surface area contributed by atoms with Crippen LogP contribution in [0.4, 0.5) is 5.82 Å². The maximum atomic E-state index is 12.1. The Bertz CT molecular complexity index is 721. The van der Waals surface area contributed by atoms with Gasteiger partial charge in [-0.2, -0.15) is 4.98 Å². The minimum atomic E-state index is -1.84. The fourth-order valence-corrected chi connectivity index (χ4v) is 3.12. The van der Waals surface area contributed by atoms with Gasteiger partial charge in [-0.25, -0.2) is 4.79 Å². The summed E-state index contributed by atoms with van der Waals surface area (Å²) in [7, 11) is -1.84. The highest BCUT2D eigenvalue weighted by atomic mass is 28.4. The highest BCUT2D eigenvalue weighted by Crippen LogP contribution is 2.37. The molecule has 0 radical (unpaired) electrons. The molecule has 2 atom stereocenters. The smallest absolute Gasteiger partial charge is 0.351 e. The largest absolute Gasteiger partial charge is 0.414 e. The minimum absolute atomic E-state index is 0.134. The van der Waals surface area contributed by atoms with Crippen molar-refractivity contribution >= 4 is 20.0 Å². The van der Waals surface area contributed by atoms with Crippen LogP contribution >= 0.6 is 0 Å². The van der Waals surface area contributed by atoms with Crippen LogP contribution in [0, 0.1) is 0 Å². The number of nitrogens with one attached hydrogen (secondary N) is 1. The van der Waals surface area contributed by atoms with Gasteiger partial charge in [-0.05, 0) is 30.3 Å². The first kappa shape index (κ1) is 19.6. The molecule has 0 aromatic carbocycles. The second kappa shape index (κ2) is 7.23. The van der Waals surface area contributed by atoms with E-state index in [2.05, 4.69) is 44.2 Å².